The van der Waals surface area contributed by atoms with Crippen LogP contribution in [0.25, 0.3) is 0 Å². The summed E-state index contributed by atoms with van der Waals surface area (Å²) in [7, 11) is 0. The summed E-state index contributed by atoms with van der Waals surface area (Å²) in [6.45, 7) is -0.804. The van der Waals surface area contributed by atoms with Crippen LogP contribution in [0.15, 0.2) is 78.2 Å². The third-order valence-corrected chi connectivity index (χ3v) is 10.7. The Balaban J connectivity index is 0.000000226. The first-order chi connectivity index (χ1) is 22.6. The molecule has 6 nitrogen and oxygen atoms in total. The normalized spacial score (nSPS) is 16.4. The number of aliphatic imine (C=N–C) groups is 2. The molecule has 1 aliphatic heterocycles. The highest BCUT2D eigenvalue weighted by Crippen LogP contribution is 2.42. The number of nitrogens with two attached hydrogens (primary N) is 1. The molecule has 4 aromatic rings. The SMILES string of the molecule is NC(=Nc1cc(Cl)ccc1Cl)c1ccc(Br)s1.O=C(CBr)C(F)(F)F.OC1(C(F)(F)F)CN(c2cc(Cl)ccc2Cl)C(c2ccc(Br)s2)=N1. The van der Waals surface area contributed by atoms with Crippen LogP contribution in [0, 0.1) is 0 Å². The molecule has 0 saturated heterocycles. The summed E-state index contributed by atoms with van der Waals surface area (Å²) in [5, 5.41) is 11.0. The number of ketones is 1. The quantitative estimate of drug-likeness (QED) is 0.0902. The van der Waals surface area contributed by atoms with E-state index in [1.807, 2.05) is 12.1 Å². The van der Waals surface area contributed by atoms with Crippen molar-refractivity contribution in [2.75, 3.05) is 16.8 Å². The van der Waals surface area contributed by atoms with Gasteiger partial charge in [-0.05, 0) is 92.5 Å². The van der Waals surface area contributed by atoms with Crippen molar-refractivity contribution in [3.05, 3.63) is 98.1 Å². The Morgan fingerprint density at radius 2 is 1.49 bits per heavy atom. The number of Topliss-reactive ketones (excluding diaryl/α,β-unsaturated/α-hetero) is 1. The van der Waals surface area contributed by atoms with Crippen LogP contribution in [-0.2, 0) is 4.79 Å². The molecule has 0 bridgehead atoms. The van der Waals surface area contributed by atoms with E-state index in [1.165, 1.54) is 45.8 Å². The topological polar surface area (TPSA) is 91.3 Å². The number of halogens is 13. The van der Waals surface area contributed by atoms with Gasteiger partial charge in [-0.2, -0.15) is 26.3 Å². The van der Waals surface area contributed by atoms with Crippen molar-refractivity contribution in [1.29, 1.82) is 0 Å². The first kappa shape index (κ1) is 42.0. The summed E-state index contributed by atoms with van der Waals surface area (Å²) in [5.74, 6) is -1.35. The number of aliphatic hydroxyl groups is 1. The lowest BCUT2D eigenvalue weighted by Crippen LogP contribution is -2.47. The number of hydrogen-bond donors (Lipinski definition) is 2. The van der Waals surface area contributed by atoms with Crippen LogP contribution in [0.3, 0.4) is 0 Å². The minimum atomic E-state index is -4.92. The van der Waals surface area contributed by atoms with Gasteiger partial charge in [0.1, 0.15) is 11.7 Å². The maximum atomic E-state index is 13.3. The predicted octanol–water partition coefficient (Wildman–Crippen LogP) is 11.7. The van der Waals surface area contributed by atoms with Gasteiger partial charge >= 0.3 is 12.4 Å². The smallest absolute Gasteiger partial charge is 0.383 e. The average Bonchev–Trinajstić information content (AvgIpc) is 3.74. The number of hydrogen-bond acceptors (Lipinski definition) is 7. The van der Waals surface area contributed by atoms with E-state index in [2.05, 4.69) is 57.8 Å². The number of nitrogens with zero attached hydrogens (tertiary/aromatic N) is 3. The maximum Gasteiger partial charge on any atom is 0.450 e. The van der Waals surface area contributed by atoms with E-state index >= 15 is 0 Å². The first-order valence-electron chi connectivity index (χ1n) is 12.7. The summed E-state index contributed by atoms with van der Waals surface area (Å²) >= 11 is 35.7. The van der Waals surface area contributed by atoms with Crippen LogP contribution < -0.4 is 10.6 Å². The molecular formula is C28H17Br3Cl4F6N4O2S2. The number of thiophene rings is 2. The van der Waals surface area contributed by atoms with Crippen LogP contribution in [0.5, 0.6) is 0 Å². The van der Waals surface area contributed by atoms with Crippen molar-refractivity contribution >= 4 is 146 Å². The largest absolute Gasteiger partial charge is 0.450 e. The summed E-state index contributed by atoms with van der Waals surface area (Å²) in [5.41, 5.74) is 3.49. The summed E-state index contributed by atoms with van der Waals surface area (Å²) < 4.78 is 74.7. The van der Waals surface area contributed by atoms with Gasteiger partial charge in [0.25, 0.3) is 5.72 Å². The molecule has 49 heavy (non-hydrogen) atoms. The Hall–Kier alpha value is -1.41. The van der Waals surface area contributed by atoms with E-state index in [0.717, 1.165) is 12.4 Å². The molecule has 0 saturated carbocycles. The van der Waals surface area contributed by atoms with Crippen molar-refractivity contribution in [2.45, 2.75) is 18.1 Å². The number of carbonyl (C=O) groups excluding carboxylic acids is 1. The second-order valence-corrected chi connectivity index (χ2v) is 16.5. The number of carbonyl (C=O) groups is 1. The average molecular weight is 1000 g/mol. The van der Waals surface area contributed by atoms with Gasteiger partial charge in [-0.1, -0.05) is 62.3 Å². The molecule has 21 heteroatoms. The van der Waals surface area contributed by atoms with E-state index in [9.17, 15) is 36.2 Å². The molecule has 0 spiro atoms. The molecular weight excluding hydrogens is 984 g/mol. The molecule has 0 aliphatic carbocycles. The van der Waals surface area contributed by atoms with E-state index < -0.39 is 35.7 Å². The second-order valence-electron chi connectivity index (χ2n) is 9.29. The molecule has 2 aromatic carbocycles. The van der Waals surface area contributed by atoms with Crippen molar-refractivity contribution in [1.82, 2.24) is 0 Å². The fourth-order valence-electron chi connectivity index (χ4n) is 3.52. The van der Waals surface area contributed by atoms with Crippen molar-refractivity contribution in [2.24, 2.45) is 15.7 Å². The number of benzene rings is 2. The van der Waals surface area contributed by atoms with E-state index in [1.54, 1.807) is 30.3 Å². The Labute approximate surface area is 327 Å². The van der Waals surface area contributed by atoms with Gasteiger partial charge in [0.2, 0.25) is 5.78 Å². The standard InChI is InChI=1S/C14H8BrCl2F3N2OS.C11H7BrCl2N2S.C3H2BrF3O/c15-11-4-3-10(24-11)12-21-13(23,14(18,19)20)6-22(12)9-5-7(16)1-2-8(9)17;12-10-4-3-9(17-10)11(15)16-8-5-6(13)1-2-7(8)14;4-1-2(8)3(5,6)7/h1-5,23H,6H2;1-5H,(H2,15,16);1H2. The molecule has 1 unspecified atom stereocenters. The van der Waals surface area contributed by atoms with Gasteiger partial charge in [-0.25, -0.2) is 9.98 Å². The molecule has 0 amide bonds. The Bertz CT molecular complexity index is 1870. The Morgan fingerprint density at radius 3 is 1.98 bits per heavy atom. The molecule has 264 valence electrons. The molecule has 5 rings (SSSR count). The molecule has 1 atom stereocenters. The first-order valence-corrected chi connectivity index (χ1v) is 18.6. The van der Waals surface area contributed by atoms with Crippen LogP contribution >= 0.6 is 117 Å². The summed E-state index contributed by atoms with van der Waals surface area (Å²) in [4.78, 5) is 20.1. The van der Waals surface area contributed by atoms with Crippen LogP contribution in [0.1, 0.15) is 9.75 Å². The number of rotatable bonds is 5. The zero-order valence-corrected chi connectivity index (χ0v) is 33.1. The van der Waals surface area contributed by atoms with Gasteiger partial charge in [0.05, 0.1) is 50.6 Å². The minimum Gasteiger partial charge on any atom is -0.383 e. The van der Waals surface area contributed by atoms with Gasteiger partial charge in [-0.15, -0.1) is 22.7 Å². The number of anilines is 1. The number of alkyl halides is 7. The van der Waals surface area contributed by atoms with E-state index in [4.69, 9.17) is 52.1 Å². The monoisotopic (exact) mass is 996 g/mol. The molecule has 2 aromatic heterocycles. The minimum absolute atomic E-state index is 0.0188. The molecule has 1 aliphatic rings. The van der Waals surface area contributed by atoms with Gasteiger partial charge in [-0.3, -0.25) is 4.79 Å². The van der Waals surface area contributed by atoms with Crippen molar-refractivity contribution in [3.8, 4) is 0 Å². The lowest BCUT2D eigenvalue weighted by atomic mass is 10.2. The summed E-state index contributed by atoms with van der Waals surface area (Å²) in [6.07, 6.45) is -9.60. The van der Waals surface area contributed by atoms with Crippen LogP contribution in [-0.4, -0.2) is 52.5 Å². The zero-order valence-electron chi connectivity index (χ0n) is 23.7. The van der Waals surface area contributed by atoms with Gasteiger partial charge < -0.3 is 15.7 Å². The van der Waals surface area contributed by atoms with E-state index in [-0.39, 0.29) is 16.5 Å². The fraction of sp³-hybridized carbons (Fsp3) is 0.179. The van der Waals surface area contributed by atoms with E-state index in [0.29, 0.717) is 31.5 Å². The zero-order chi connectivity index (χ0) is 36.9. The van der Waals surface area contributed by atoms with Gasteiger partial charge in [0, 0.05) is 10.0 Å². The lowest BCUT2D eigenvalue weighted by molar-refractivity contribution is -0.249. The Kier molecular flexibility index (Phi) is 14.9. The summed E-state index contributed by atoms with van der Waals surface area (Å²) in [6, 6.07) is 16.6. The van der Waals surface area contributed by atoms with Crippen LogP contribution in [0.4, 0.5) is 37.7 Å². The molecule has 0 fully saturated rings. The molecule has 0 radical (unpaired) electrons. The van der Waals surface area contributed by atoms with Crippen molar-refractivity contribution in [3.63, 3.8) is 0 Å². The van der Waals surface area contributed by atoms with Crippen LogP contribution in [0.2, 0.25) is 20.1 Å². The van der Waals surface area contributed by atoms with Gasteiger partial charge in [0.15, 0.2) is 0 Å². The molecule has 3 heterocycles. The Morgan fingerprint density at radius 1 is 0.918 bits per heavy atom. The van der Waals surface area contributed by atoms with Crippen molar-refractivity contribution < 1.29 is 36.2 Å². The fourth-order valence-corrected chi connectivity index (χ4v) is 7.22. The highest BCUT2D eigenvalue weighted by molar-refractivity contribution is 9.11. The highest BCUT2D eigenvalue weighted by Gasteiger charge is 2.59. The number of β-amino-alcohol motifs (C(OH)–C–C–N with tert-alkyl or cyclic N) is 1. The lowest BCUT2D eigenvalue weighted by Gasteiger charge is -2.26. The predicted molar refractivity (Wildman–Crippen MR) is 197 cm³/mol. The maximum absolute atomic E-state index is 13.3. The highest BCUT2D eigenvalue weighted by atomic mass is 79.9. The second kappa shape index (κ2) is 17.4. The number of amidine groups is 2. The molecule has 3 N–H and O–H groups in total. The third kappa shape index (κ3) is 11.5. The third-order valence-electron chi connectivity index (χ3n) is 5.78.